The maximum Gasteiger partial charge on any atom is 0.228 e. The summed E-state index contributed by atoms with van der Waals surface area (Å²) in [4.78, 5) is 15.9. The van der Waals surface area contributed by atoms with E-state index in [1.54, 1.807) is 0 Å². The number of hydrogen-bond donors (Lipinski definition) is 1. The van der Waals surface area contributed by atoms with Crippen LogP contribution in [0.2, 0.25) is 0 Å². The maximum absolute atomic E-state index is 11.5. The molecular formula is C16H21N3O2. The van der Waals surface area contributed by atoms with Crippen LogP contribution >= 0.6 is 0 Å². The Morgan fingerprint density at radius 2 is 2.00 bits per heavy atom. The van der Waals surface area contributed by atoms with Gasteiger partial charge < -0.3 is 9.84 Å². The molecule has 0 aliphatic carbocycles. The molecule has 0 radical (unpaired) electrons. The Morgan fingerprint density at radius 1 is 1.29 bits per heavy atom. The number of nitrogens with one attached hydrogen (secondary N) is 1. The molecule has 0 atom stereocenters. The van der Waals surface area contributed by atoms with Crippen molar-refractivity contribution in [2.75, 3.05) is 6.54 Å². The first kappa shape index (κ1) is 15.2. The highest BCUT2D eigenvalue weighted by atomic mass is 16.5. The Hall–Kier alpha value is -2.17. The van der Waals surface area contributed by atoms with Crippen molar-refractivity contribution in [2.45, 2.75) is 33.6 Å². The molecule has 1 heterocycles. The monoisotopic (exact) mass is 287 g/mol. The van der Waals surface area contributed by atoms with Crippen LogP contribution in [-0.4, -0.2) is 22.6 Å². The van der Waals surface area contributed by atoms with Crippen LogP contribution in [0.1, 0.15) is 31.7 Å². The third-order valence-corrected chi connectivity index (χ3v) is 3.03. The second-order valence-corrected chi connectivity index (χ2v) is 5.58. The summed E-state index contributed by atoms with van der Waals surface area (Å²) in [6, 6.07) is 7.96. The number of aryl methyl sites for hydroxylation is 1. The predicted octanol–water partition coefficient (Wildman–Crippen LogP) is 2.75. The minimum atomic E-state index is 0.0586. The van der Waals surface area contributed by atoms with E-state index in [4.69, 9.17) is 4.52 Å². The van der Waals surface area contributed by atoms with E-state index in [-0.39, 0.29) is 5.91 Å². The molecule has 0 saturated carbocycles. The lowest BCUT2D eigenvalue weighted by molar-refractivity contribution is -0.121. The first-order valence-electron chi connectivity index (χ1n) is 7.21. The summed E-state index contributed by atoms with van der Waals surface area (Å²) in [7, 11) is 0. The van der Waals surface area contributed by atoms with E-state index in [0.717, 1.165) is 5.56 Å². The molecule has 0 bridgehead atoms. The van der Waals surface area contributed by atoms with E-state index in [1.165, 1.54) is 5.56 Å². The van der Waals surface area contributed by atoms with E-state index >= 15 is 0 Å². The summed E-state index contributed by atoms with van der Waals surface area (Å²) >= 11 is 0. The largest absolute Gasteiger partial charge is 0.356 e. The molecule has 0 spiro atoms. The lowest BCUT2D eigenvalue weighted by Crippen LogP contribution is -2.26. The number of carbonyl (C=O) groups excluding carboxylic acids is 1. The summed E-state index contributed by atoms with van der Waals surface area (Å²) in [5, 5.41) is 6.82. The topological polar surface area (TPSA) is 68.0 Å². The van der Waals surface area contributed by atoms with E-state index in [0.29, 0.717) is 37.0 Å². The minimum Gasteiger partial charge on any atom is -0.356 e. The number of aromatic nitrogens is 2. The maximum atomic E-state index is 11.5. The summed E-state index contributed by atoms with van der Waals surface area (Å²) in [6.07, 6.45) is 1.08. The quantitative estimate of drug-likeness (QED) is 0.887. The van der Waals surface area contributed by atoms with Crippen molar-refractivity contribution >= 4 is 5.91 Å². The van der Waals surface area contributed by atoms with Gasteiger partial charge in [0, 0.05) is 24.9 Å². The van der Waals surface area contributed by atoms with Crippen LogP contribution in [0.25, 0.3) is 11.4 Å². The first-order chi connectivity index (χ1) is 10.0. The molecule has 1 aromatic carbocycles. The van der Waals surface area contributed by atoms with Crippen LogP contribution in [0, 0.1) is 12.8 Å². The molecule has 0 fully saturated rings. The van der Waals surface area contributed by atoms with Crippen LogP contribution in [-0.2, 0) is 11.2 Å². The van der Waals surface area contributed by atoms with Crippen LogP contribution in [0.4, 0.5) is 0 Å². The van der Waals surface area contributed by atoms with Gasteiger partial charge in [-0.2, -0.15) is 4.98 Å². The van der Waals surface area contributed by atoms with Crippen molar-refractivity contribution in [3.8, 4) is 11.4 Å². The molecule has 5 nitrogen and oxygen atoms in total. The highest BCUT2D eigenvalue weighted by Crippen LogP contribution is 2.16. The lowest BCUT2D eigenvalue weighted by Gasteiger charge is -2.05. The van der Waals surface area contributed by atoms with Gasteiger partial charge in [0.25, 0.3) is 0 Å². The van der Waals surface area contributed by atoms with Gasteiger partial charge in [0.15, 0.2) is 0 Å². The van der Waals surface area contributed by atoms with Crippen molar-refractivity contribution in [3.05, 3.63) is 35.7 Å². The highest BCUT2D eigenvalue weighted by molar-refractivity contribution is 5.76. The number of hydrogen-bond acceptors (Lipinski definition) is 4. The molecule has 112 valence electrons. The number of carbonyl (C=O) groups is 1. The number of rotatable bonds is 6. The summed E-state index contributed by atoms with van der Waals surface area (Å²) in [6.45, 7) is 6.59. The molecular weight excluding hydrogens is 266 g/mol. The van der Waals surface area contributed by atoms with Gasteiger partial charge in [-0.15, -0.1) is 0 Å². The first-order valence-corrected chi connectivity index (χ1v) is 7.21. The zero-order valence-corrected chi connectivity index (χ0v) is 12.7. The van der Waals surface area contributed by atoms with Crippen LogP contribution in [0.5, 0.6) is 0 Å². The van der Waals surface area contributed by atoms with Crippen molar-refractivity contribution in [1.29, 1.82) is 0 Å². The average Bonchev–Trinajstić information content (AvgIpc) is 2.87. The fourth-order valence-corrected chi connectivity index (χ4v) is 1.93. The fourth-order valence-electron chi connectivity index (χ4n) is 1.93. The van der Waals surface area contributed by atoms with Crippen LogP contribution in [0.3, 0.4) is 0 Å². The third kappa shape index (κ3) is 4.70. The summed E-state index contributed by atoms with van der Waals surface area (Å²) in [5.41, 5.74) is 2.12. The molecule has 0 saturated heterocycles. The fraction of sp³-hybridized carbons (Fsp3) is 0.438. The average molecular weight is 287 g/mol. The van der Waals surface area contributed by atoms with Gasteiger partial charge in [-0.3, -0.25) is 4.79 Å². The number of nitrogens with zero attached hydrogens (tertiary/aromatic N) is 2. The summed E-state index contributed by atoms with van der Waals surface area (Å²) < 4.78 is 5.20. The molecule has 0 aliphatic rings. The van der Waals surface area contributed by atoms with Gasteiger partial charge in [0.2, 0.25) is 17.6 Å². The van der Waals surface area contributed by atoms with Gasteiger partial charge in [-0.25, -0.2) is 0 Å². The standard InChI is InChI=1S/C16H21N3O2/c1-11(2)10-14(20)17-9-8-15-18-16(19-21-15)13-6-4-12(3)5-7-13/h4-7,11H,8-10H2,1-3H3,(H,17,20). The van der Waals surface area contributed by atoms with E-state index in [2.05, 4.69) is 15.5 Å². The van der Waals surface area contributed by atoms with E-state index in [9.17, 15) is 4.79 Å². The molecule has 2 rings (SSSR count). The second-order valence-electron chi connectivity index (χ2n) is 5.58. The zero-order valence-electron chi connectivity index (χ0n) is 12.7. The molecule has 21 heavy (non-hydrogen) atoms. The van der Waals surface area contributed by atoms with Gasteiger partial charge in [0.05, 0.1) is 0 Å². The predicted molar refractivity (Wildman–Crippen MR) is 80.6 cm³/mol. The van der Waals surface area contributed by atoms with Crippen molar-refractivity contribution in [3.63, 3.8) is 0 Å². The van der Waals surface area contributed by atoms with E-state index < -0.39 is 0 Å². The van der Waals surface area contributed by atoms with Gasteiger partial charge in [-0.05, 0) is 12.8 Å². The minimum absolute atomic E-state index is 0.0586. The van der Waals surface area contributed by atoms with Crippen LogP contribution < -0.4 is 5.32 Å². The molecule has 2 aromatic rings. The molecule has 1 amide bonds. The lowest BCUT2D eigenvalue weighted by atomic mass is 10.1. The van der Waals surface area contributed by atoms with Crippen molar-refractivity contribution < 1.29 is 9.32 Å². The molecule has 0 unspecified atom stereocenters. The van der Waals surface area contributed by atoms with Crippen molar-refractivity contribution in [1.82, 2.24) is 15.5 Å². The Kier molecular flexibility index (Phi) is 5.09. The Balaban J connectivity index is 1.86. The SMILES string of the molecule is Cc1ccc(-c2noc(CCNC(=O)CC(C)C)n2)cc1. The normalized spacial score (nSPS) is 10.9. The molecule has 0 aliphatic heterocycles. The van der Waals surface area contributed by atoms with Gasteiger partial charge in [-0.1, -0.05) is 48.8 Å². The van der Waals surface area contributed by atoms with E-state index in [1.807, 2.05) is 45.0 Å². The molecule has 5 heteroatoms. The van der Waals surface area contributed by atoms with Gasteiger partial charge >= 0.3 is 0 Å². The summed E-state index contributed by atoms with van der Waals surface area (Å²) in [5.74, 6) is 1.54. The second kappa shape index (κ2) is 7.02. The highest BCUT2D eigenvalue weighted by Gasteiger charge is 2.09. The van der Waals surface area contributed by atoms with Gasteiger partial charge in [0.1, 0.15) is 0 Å². The van der Waals surface area contributed by atoms with Crippen LogP contribution in [0.15, 0.2) is 28.8 Å². The number of amides is 1. The smallest absolute Gasteiger partial charge is 0.228 e. The zero-order chi connectivity index (χ0) is 15.2. The molecule has 1 N–H and O–H groups in total. The Labute approximate surface area is 124 Å². The third-order valence-electron chi connectivity index (χ3n) is 3.03. The molecule has 1 aromatic heterocycles. The Morgan fingerprint density at radius 3 is 2.67 bits per heavy atom. The number of benzene rings is 1. The Bertz CT molecular complexity index is 588. The van der Waals surface area contributed by atoms with Crippen molar-refractivity contribution in [2.24, 2.45) is 5.92 Å².